The first-order chi connectivity index (χ1) is 10.3. The van der Waals surface area contributed by atoms with E-state index in [2.05, 4.69) is 36.6 Å². The zero-order chi connectivity index (χ0) is 14.2. The predicted octanol–water partition coefficient (Wildman–Crippen LogP) is 4.52. The highest BCUT2D eigenvalue weighted by Crippen LogP contribution is 2.51. The molecule has 0 aromatic heterocycles. The van der Waals surface area contributed by atoms with Gasteiger partial charge in [-0.05, 0) is 86.8 Å². The van der Waals surface area contributed by atoms with E-state index < -0.39 is 0 Å². The maximum absolute atomic E-state index is 3.70. The van der Waals surface area contributed by atoms with E-state index in [9.17, 15) is 0 Å². The van der Waals surface area contributed by atoms with Crippen LogP contribution in [0.2, 0.25) is 0 Å². The lowest BCUT2D eigenvalue weighted by molar-refractivity contribution is 0.259. The van der Waals surface area contributed by atoms with Crippen molar-refractivity contribution >= 4 is 0 Å². The van der Waals surface area contributed by atoms with E-state index >= 15 is 0 Å². The first kappa shape index (κ1) is 13.8. The van der Waals surface area contributed by atoms with Crippen LogP contribution in [-0.4, -0.2) is 13.1 Å². The van der Waals surface area contributed by atoms with Gasteiger partial charge in [0, 0.05) is 6.04 Å². The summed E-state index contributed by atoms with van der Waals surface area (Å²) in [7, 11) is 2.19. The average molecular weight is 283 g/mol. The molecule has 0 spiro atoms. The van der Waals surface area contributed by atoms with Crippen molar-refractivity contribution in [1.29, 1.82) is 0 Å². The molecule has 114 valence electrons. The van der Waals surface area contributed by atoms with Gasteiger partial charge in [-0.15, -0.1) is 0 Å². The van der Waals surface area contributed by atoms with Gasteiger partial charge in [-0.25, -0.2) is 0 Å². The number of fused-ring (bicyclic) bond motifs is 3. The highest BCUT2D eigenvalue weighted by atomic mass is 14.9. The molecule has 2 saturated carbocycles. The summed E-state index contributed by atoms with van der Waals surface area (Å²) in [5, 5.41) is 3.70. The van der Waals surface area contributed by atoms with Gasteiger partial charge in [0.1, 0.15) is 0 Å². The first-order valence-electron chi connectivity index (χ1n) is 9.10. The Kier molecular flexibility index (Phi) is 3.79. The minimum Gasteiger partial charge on any atom is -0.316 e. The molecular formula is C20H29N. The molecule has 1 aromatic rings. The van der Waals surface area contributed by atoms with Gasteiger partial charge in [0.25, 0.3) is 0 Å². The number of hydrogen-bond acceptors (Lipinski definition) is 1. The molecule has 2 fully saturated rings. The summed E-state index contributed by atoms with van der Waals surface area (Å²) in [5.74, 6) is 3.90. The molecule has 0 aliphatic heterocycles. The molecule has 0 heterocycles. The van der Waals surface area contributed by atoms with Crippen LogP contribution in [0.5, 0.6) is 0 Å². The molecule has 5 atom stereocenters. The third kappa shape index (κ3) is 2.54. The van der Waals surface area contributed by atoms with Crippen molar-refractivity contribution in [3.8, 4) is 0 Å². The van der Waals surface area contributed by atoms with Crippen LogP contribution < -0.4 is 5.32 Å². The standard InChI is InChI=1S/C20H29N/c1-21-20(13-17-12-14-9-10-16(17)11-14)19-8-4-6-15-5-2-3-7-18(15)19/h2-3,5,7,14,16-17,19-21H,4,6,8-13H2,1H3. The molecule has 0 radical (unpaired) electrons. The second kappa shape index (κ2) is 5.76. The lowest BCUT2D eigenvalue weighted by Crippen LogP contribution is -2.36. The van der Waals surface area contributed by atoms with Gasteiger partial charge in [0.2, 0.25) is 0 Å². The lowest BCUT2D eigenvalue weighted by atomic mass is 9.74. The topological polar surface area (TPSA) is 12.0 Å². The van der Waals surface area contributed by atoms with E-state index in [0.717, 1.165) is 23.7 Å². The van der Waals surface area contributed by atoms with E-state index in [-0.39, 0.29) is 0 Å². The number of nitrogens with one attached hydrogen (secondary N) is 1. The van der Waals surface area contributed by atoms with Crippen LogP contribution in [0.4, 0.5) is 0 Å². The zero-order valence-electron chi connectivity index (χ0n) is 13.4. The minimum atomic E-state index is 0.691. The Hall–Kier alpha value is -0.820. The molecule has 1 N–H and O–H groups in total. The number of benzene rings is 1. The number of rotatable bonds is 4. The fourth-order valence-electron chi connectivity index (χ4n) is 5.68. The molecule has 1 nitrogen and oxygen atoms in total. The predicted molar refractivity (Wildman–Crippen MR) is 88.5 cm³/mol. The monoisotopic (exact) mass is 283 g/mol. The van der Waals surface area contributed by atoms with Crippen molar-refractivity contribution < 1.29 is 0 Å². The molecule has 1 aromatic carbocycles. The van der Waals surface area contributed by atoms with Crippen molar-refractivity contribution in [2.24, 2.45) is 17.8 Å². The molecule has 3 aliphatic carbocycles. The molecule has 5 unspecified atom stereocenters. The van der Waals surface area contributed by atoms with Crippen molar-refractivity contribution in [1.82, 2.24) is 5.32 Å². The van der Waals surface area contributed by atoms with Gasteiger partial charge >= 0.3 is 0 Å². The maximum Gasteiger partial charge on any atom is 0.0136 e. The first-order valence-corrected chi connectivity index (χ1v) is 9.10. The highest BCUT2D eigenvalue weighted by molar-refractivity contribution is 5.33. The third-order valence-electron chi connectivity index (χ3n) is 6.71. The van der Waals surface area contributed by atoms with Gasteiger partial charge in [-0.3, -0.25) is 0 Å². The average Bonchev–Trinajstić information content (AvgIpc) is 3.15. The van der Waals surface area contributed by atoms with Crippen LogP contribution in [0.15, 0.2) is 24.3 Å². The fourth-order valence-corrected chi connectivity index (χ4v) is 5.68. The largest absolute Gasteiger partial charge is 0.316 e. The van der Waals surface area contributed by atoms with Crippen LogP contribution in [0, 0.1) is 17.8 Å². The van der Waals surface area contributed by atoms with Crippen LogP contribution in [0.1, 0.15) is 62.0 Å². The number of aryl methyl sites for hydroxylation is 1. The van der Waals surface area contributed by atoms with Gasteiger partial charge in [-0.1, -0.05) is 30.7 Å². The Morgan fingerprint density at radius 3 is 2.81 bits per heavy atom. The Labute approximate surface area is 129 Å². The summed E-state index contributed by atoms with van der Waals surface area (Å²) in [5.41, 5.74) is 3.26. The Morgan fingerprint density at radius 1 is 1.14 bits per heavy atom. The van der Waals surface area contributed by atoms with Crippen LogP contribution in [-0.2, 0) is 6.42 Å². The van der Waals surface area contributed by atoms with E-state index in [1.165, 1.54) is 44.9 Å². The van der Waals surface area contributed by atoms with Crippen LogP contribution in [0.25, 0.3) is 0 Å². The number of likely N-dealkylation sites (N-methyl/N-ethyl adjacent to an activating group) is 1. The minimum absolute atomic E-state index is 0.691. The molecule has 2 bridgehead atoms. The second-order valence-electron chi connectivity index (χ2n) is 7.76. The normalized spacial score (nSPS) is 35.7. The Bertz CT molecular complexity index is 494. The van der Waals surface area contributed by atoms with Crippen LogP contribution in [0.3, 0.4) is 0 Å². The maximum atomic E-state index is 3.70. The van der Waals surface area contributed by atoms with E-state index in [4.69, 9.17) is 0 Å². The van der Waals surface area contributed by atoms with Gasteiger partial charge in [-0.2, -0.15) is 0 Å². The summed E-state index contributed by atoms with van der Waals surface area (Å²) < 4.78 is 0. The van der Waals surface area contributed by atoms with E-state index in [0.29, 0.717) is 6.04 Å². The van der Waals surface area contributed by atoms with Crippen molar-refractivity contribution in [2.45, 2.75) is 63.3 Å². The number of hydrogen-bond donors (Lipinski definition) is 1. The quantitative estimate of drug-likeness (QED) is 0.856. The molecular weight excluding hydrogens is 254 g/mol. The summed E-state index contributed by atoms with van der Waals surface area (Å²) in [6.45, 7) is 0. The third-order valence-corrected chi connectivity index (χ3v) is 6.71. The second-order valence-corrected chi connectivity index (χ2v) is 7.76. The summed E-state index contributed by atoms with van der Waals surface area (Å²) in [4.78, 5) is 0. The molecule has 3 aliphatic rings. The highest BCUT2D eigenvalue weighted by Gasteiger charge is 2.41. The van der Waals surface area contributed by atoms with Gasteiger partial charge in [0.15, 0.2) is 0 Å². The van der Waals surface area contributed by atoms with Crippen molar-refractivity contribution in [3.63, 3.8) is 0 Å². The smallest absolute Gasteiger partial charge is 0.0136 e. The van der Waals surface area contributed by atoms with Crippen molar-refractivity contribution in [2.75, 3.05) is 7.05 Å². The van der Waals surface area contributed by atoms with Crippen LogP contribution >= 0.6 is 0 Å². The van der Waals surface area contributed by atoms with Crippen molar-refractivity contribution in [3.05, 3.63) is 35.4 Å². The molecule has 21 heavy (non-hydrogen) atoms. The molecule has 0 amide bonds. The Morgan fingerprint density at radius 2 is 2.05 bits per heavy atom. The van der Waals surface area contributed by atoms with E-state index in [1.54, 1.807) is 17.5 Å². The fraction of sp³-hybridized carbons (Fsp3) is 0.700. The Balaban J connectivity index is 1.51. The molecule has 4 rings (SSSR count). The van der Waals surface area contributed by atoms with E-state index in [1.807, 2.05) is 0 Å². The van der Waals surface area contributed by atoms with Gasteiger partial charge < -0.3 is 5.32 Å². The summed E-state index contributed by atoms with van der Waals surface area (Å²) in [6, 6.07) is 9.89. The lowest BCUT2D eigenvalue weighted by Gasteiger charge is -2.35. The summed E-state index contributed by atoms with van der Waals surface area (Å²) >= 11 is 0. The summed E-state index contributed by atoms with van der Waals surface area (Å²) in [6.07, 6.45) is 11.6. The van der Waals surface area contributed by atoms with Gasteiger partial charge in [0.05, 0.1) is 0 Å². The molecule has 1 heteroatoms. The zero-order valence-corrected chi connectivity index (χ0v) is 13.4. The molecule has 0 saturated heterocycles. The SMILES string of the molecule is CNC(CC1CC2CCC1C2)C1CCCc2ccccc21.